The molecule has 1 aliphatic rings. The van der Waals surface area contributed by atoms with Crippen LogP contribution in [0, 0.1) is 0 Å². The third-order valence-corrected chi connectivity index (χ3v) is 4.12. The van der Waals surface area contributed by atoms with Crippen LogP contribution in [0.1, 0.15) is 56.6 Å². The van der Waals surface area contributed by atoms with Crippen LogP contribution < -0.4 is 10.6 Å². The lowest BCUT2D eigenvalue weighted by atomic mass is 10.1. The molecule has 0 radical (unpaired) electrons. The molecular weight excluding hydrogens is 290 g/mol. The van der Waals surface area contributed by atoms with Crippen molar-refractivity contribution < 1.29 is 14.7 Å². The molecule has 1 aliphatic carbocycles. The van der Waals surface area contributed by atoms with E-state index in [2.05, 4.69) is 15.6 Å². The third-order valence-electron chi connectivity index (χ3n) is 3.34. The number of rotatable bonds is 9. The van der Waals surface area contributed by atoms with Gasteiger partial charge in [-0.05, 0) is 25.7 Å². The van der Waals surface area contributed by atoms with Crippen LogP contribution in [0.5, 0.6) is 0 Å². The Morgan fingerprint density at radius 1 is 1.29 bits per heavy atom. The number of carboxylic acids is 1. The molecule has 0 bridgehead atoms. The first-order valence-corrected chi connectivity index (χ1v) is 8.25. The molecule has 2 rings (SSSR count). The van der Waals surface area contributed by atoms with Gasteiger partial charge in [-0.1, -0.05) is 12.8 Å². The Bertz CT molecular complexity index is 486. The zero-order valence-corrected chi connectivity index (χ0v) is 12.7. The molecule has 6 nitrogen and oxygen atoms in total. The number of hydrogen-bond donors (Lipinski definition) is 3. The first kappa shape index (κ1) is 15.8. The van der Waals surface area contributed by atoms with Gasteiger partial charge >= 0.3 is 12.0 Å². The average molecular weight is 311 g/mol. The molecule has 1 aromatic rings. The van der Waals surface area contributed by atoms with Gasteiger partial charge in [0.2, 0.25) is 0 Å². The van der Waals surface area contributed by atoms with Gasteiger partial charge in [-0.2, -0.15) is 0 Å². The molecule has 7 heteroatoms. The second-order valence-electron chi connectivity index (χ2n) is 5.29. The van der Waals surface area contributed by atoms with Crippen molar-refractivity contribution in [3.63, 3.8) is 0 Å². The number of hydrogen-bond acceptors (Lipinski definition) is 4. The fraction of sp³-hybridized carbons (Fsp3) is 0.643. The number of anilines is 1. The summed E-state index contributed by atoms with van der Waals surface area (Å²) in [5.74, 6) is -0.146. The maximum Gasteiger partial charge on any atom is 0.321 e. The molecule has 1 saturated carbocycles. The summed E-state index contributed by atoms with van der Waals surface area (Å²) in [4.78, 5) is 26.4. The minimum Gasteiger partial charge on any atom is -0.481 e. The van der Waals surface area contributed by atoms with Crippen LogP contribution in [0.15, 0.2) is 5.38 Å². The lowest BCUT2D eigenvalue weighted by Crippen LogP contribution is -2.29. The van der Waals surface area contributed by atoms with Crippen LogP contribution in [0.4, 0.5) is 9.93 Å². The molecule has 21 heavy (non-hydrogen) atoms. The van der Waals surface area contributed by atoms with Crippen LogP contribution in [0.25, 0.3) is 0 Å². The number of nitrogens with zero attached hydrogens (tertiary/aromatic N) is 1. The van der Waals surface area contributed by atoms with Gasteiger partial charge in [0.15, 0.2) is 5.13 Å². The zero-order valence-electron chi connectivity index (χ0n) is 11.9. The summed E-state index contributed by atoms with van der Waals surface area (Å²) < 4.78 is 0. The predicted octanol–water partition coefficient (Wildman–Crippen LogP) is 3.18. The largest absolute Gasteiger partial charge is 0.481 e. The van der Waals surface area contributed by atoms with Gasteiger partial charge in [0.1, 0.15) is 0 Å². The molecule has 0 unspecified atom stereocenters. The Labute approximate surface area is 128 Å². The van der Waals surface area contributed by atoms with Crippen LogP contribution >= 0.6 is 11.3 Å². The van der Waals surface area contributed by atoms with Crippen molar-refractivity contribution in [2.24, 2.45) is 0 Å². The number of carbonyl (C=O) groups is 2. The molecule has 0 saturated heterocycles. The topological polar surface area (TPSA) is 91.3 Å². The van der Waals surface area contributed by atoms with E-state index in [1.54, 1.807) is 0 Å². The van der Waals surface area contributed by atoms with Gasteiger partial charge < -0.3 is 10.4 Å². The van der Waals surface area contributed by atoms with Crippen molar-refractivity contribution in [2.75, 3.05) is 11.9 Å². The standard InChI is InChI=1S/C14H21N3O3S/c18-12(19)5-3-1-2-4-8-15-13(20)17-14-16-11(9-21-14)10-6-7-10/h9-10H,1-8H2,(H,18,19)(H2,15,16,17,20). The summed E-state index contributed by atoms with van der Waals surface area (Å²) in [7, 11) is 0. The number of thiazole rings is 1. The Morgan fingerprint density at radius 3 is 2.76 bits per heavy atom. The van der Waals surface area contributed by atoms with Crippen LogP contribution in [0.3, 0.4) is 0 Å². The van der Waals surface area contributed by atoms with Crippen LogP contribution in [0.2, 0.25) is 0 Å². The van der Waals surface area contributed by atoms with Gasteiger partial charge in [-0.15, -0.1) is 11.3 Å². The predicted molar refractivity (Wildman–Crippen MR) is 81.8 cm³/mol. The molecule has 3 N–H and O–H groups in total. The maximum absolute atomic E-state index is 11.7. The highest BCUT2D eigenvalue weighted by Gasteiger charge is 2.26. The van der Waals surface area contributed by atoms with Crippen molar-refractivity contribution >= 4 is 28.5 Å². The number of urea groups is 1. The SMILES string of the molecule is O=C(O)CCCCCCNC(=O)Nc1nc(C2CC2)cs1. The highest BCUT2D eigenvalue weighted by atomic mass is 32.1. The minimum absolute atomic E-state index is 0.224. The average Bonchev–Trinajstić information content (AvgIpc) is 3.18. The Morgan fingerprint density at radius 2 is 2.05 bits per heavy atom. The second-order valence-corrected chi connectivity index (χ2v) is 6.15. The quantitative estimate of drug-likeness (QED) is 0.611. The molecule has 0 aromatic carbocycles. The Balaban J connectivity index is 1.51. The van der Waals surface area contributed by atoms with E-state index in [1.165, 1.54) is 24.2 Å². The van der Waals surface area contributed by atoms with E-state index in [0.717, 1.165) is 25.0 Å². The van der Waals surface area contributed by atoms with Crippen molar-refractivity contribution in [1.82, 2.24) is 10.3 Å². The Kier molecular flexibility index (Phi) is 5.98. The van der Waals surface area contributed by atoms with Gasteiger partial charge in [0.25, 0.3) is 0 Å². The number of carbonyl (C=O) groups excluding carboxylic acids is 1. The summed E-state index contributed by atoms with van der Waals surface area (Å²) >= 11 is 1.46. The van der Waals surface area contributed by atoms with Crippen LogP contribution in [-0.2, 0) is 4.79 Å². The summed E-state index contributed by atoms with van der Waals surface area (Å²) in [5, 5.41) is 16.7. The number of nitrogens with one attached hydrogen (secondary N) is 2. The van der Waals surface area contributed by atoms with Gasteiger partial charge in [-0.3, -0.25) is 10.1 Å². The molecule has 1 aromatic heterocycles. The minimum atomic E-state index is -0.749. The van der Waals surface area contributed by atoms with E-state index in [1.807, 2.05) is 5.38 Å². The first-order chi connectivity index (χ1) is 10.1. The van der Waals surface area contributed by atoms with Gasteiger partial charge in [-0.25, -0.2) is 9.78 Å². The van der Waals surface area contributed by atoms with Crippen molar-refractivity contribution in [1.29, 1.82) is 0 Å². The molecule has 1 heterocycles. The fourth-order valence-corrected chi connectivity index (χ4v) is 2.80. The highest BCUT2D eigenvalue weighted by Crippen LogP contribution is 2.40. The Hall–Kier alpha value is -1.63. The smallest absolute Gasteiger partial charge is 0.321 e. The molecule has 1 fully saturated rings. The zero-order chi connectivity index (χ0) is 15.1. The molecular formula is C14H21N3O3S. The fourth-order valence-electron chi connectivity index (χ4n) is 2.01. The molecule has 116 valence electrons. The van der Waals surface area contributed by atoms with E-state index >= 15 is 0 Å². The normalized spacial score (nSPS) is 13.9. The van der Waals surface area contributed by atoms with Crippen molar-refractivity contribution in [3.8, 4) is 0 Å². The van der Waals surface area contributed by atoms with Gasteiger partial charge in [0.05, 0.1) is 5.69 Å². The number of aliphatic carboxylic acids is 1. The molecule has 2 amide bonds. The number of amides is 2. The monoisotopic (exact) mass is 311 g/mol. The number of carboxylic acid groups (broad SMARTS) is 1. The lowest BCUT2D eigenvalue weighted by molar-refractivity contribution is -0.137. The number of aromatic nitrogens is 1. The molecule has 0 spiro atoms. The maximum atomic E-state index is 11.7. The summed E-state index contributed by atoms with van der Waals surface area (Å²) in [6.07, 6.45) is 6.00. The summed E-state index contributed by atoms with van der Waals surface area (Å²) in [6.45, 7) is 0.597. The highest BCUT2D eigenvalue weighted by molar-refractivity contribution is 7.13. The first-order valence-electron chi connectivity index (χ1n) is 7.37. The van der Waals surface area contributed by atoms with E-state index in [9.17, 15) is 9.59 Å². The second kappa shape index (κ2) is 7.97. The van der Waals surface area contributed by atoms with Crippen molar-refractivity contribution in [2.45, 2.75) is 50.9 Å². The van der Waals surface area contributed by atoms with Gasteiger partial charge in [0, 0.05) is 24.3 Å². The van der Waals surface area contributed by atoms with E-state index in [-0.39, 0.29) is 12.5 Å². The van der Waals surface area contributed by atoms with Crippen LogP contribution in [-0.4, -0.2) is 28.6 Å². The van der Waals surface area contributed by atoms with E-state index < -0.39 is 5.97 Å². The molecule has 0 aliphatic heterocycles. The lowest BCUT2D eigenvalue weighted by Gasteiger charge is -2.05. The third kappa shape index (κ3) is 6.12. The van der Waals surface area contributed by atoms with Crippen molar-refractivity contribution in [3.05, 3.63) is 11.1 Å². The number of unbranched alkanes of at least 4 members (excludes halogenated alkanes) is 3. The van der Waals surface area contributed by atoms with E-state index in [4.69, 9.17) is 5.11 Å². The summed E-state index contributed by atoms with van der Waals surface area (Å²) in [6, 6.07) is -0.225. The van der Waals surface area contributed by atoms with E-state index in [0.29, 0.717) is 24.0 Å². The molecule has 0 atom stereocenters. The summed E-state index contributed by atoms with van der Waals surface area (Å²) in [5.41, 5.74) is 1.09.